The third kappa shape index (κ3) is 2.55. The van der Waals surface area contributed by atoms with E-state index in [4.69, 9.17) is 0 Å². The molecular weight excluding hydrogens is 340 g/mol. The van der Waals surface area contributed by atoms with Crippen LogP contribution in [0.25, 0.3) is 20.4 Å². The number of hydrogen-bond donors (Lipinski definition) is 1. The molecule has 0 radical (unpaired) electrons. The van der Waals surface area contributed by atoms with Crippen molar-refractivity contribution in [2.45, 2.75) is 0 Å². The van der Waals surface area contributed by atoms with Crippen molar-refractivity contribution in [1.29, 1.82) is 0 Å². The second-order valence-corrected chi connectivity index (χ2v) is 6.66. The van der Waals surface area contributed by atoms with Crippen molar-refractivity contribution in [2.75, 3.05) is 5.32 Å². The summed E-state index contributed by atoms with van der Waals surface area (Å²) in [6, 6.07) is 7.11. The van der Waals surface area contributed by atoms with Crippen LogP contribution in [-0.4, -0.2) is 15.9 Å². The summed E-state index contributed by atoms with van der Waals surface area (Å²) in [5.41, 5.74) is 3.03. The first-order chi connectivity index (χ1) is 11.1. The molecule has 0 fully saturated rings. The van der Waals surface area contributed by atoms with Crippen molar-refractivity contribution < 1.29 is 13.6 Å². The summed E-state index contributed by atoms with van der Waals surface area (Å²) >= 11 is 2.46. The third-order valence-electron chi connectivity index (χ3n) is 3.23. The smallest absolute Gasteiger partial charge is 0.257 e. The number of benzene rings is 2. The topological polar surface area (TPSA) is 54.9 Å². The Hall–Kier alpha value is -2.45. The lowest BCUT2D eigenvalue weighted by molar-refractivity contribution is 0.102. The summed E-state index contributed by atoms with van der Waals surface area (Å²) in [5, 5.41) is 2.84. The Morgan fingerprint density at radius 3 is 2.87 bits per heavy atom. The molecule has 0 aliphatic heterocycles. The number of fused-ring (bicyclic) bond motifs is 2. The predicted molar refractivity (Wildman–Crippen MR) is 87.1 cm³/mol. The number of hydrogen-bond acceptors (Lipinski definition) is 5. The van der Waals surface area contributed by atoms with Crippen LogP contribution in [-0.2, 0) is 0 Å². The Kier molecular flexibility index (Phi) is 3.28. The molecule has 0 saturated heterocycles. The fourth-order valence-corrected chi connectivity index (χ4v) is 3.79. The lowest BCUT2D eigenvalue weighted by atomic mass is 10.2. The van der Waals surface area contributed by atoms with Crippen LogP contribution >= 0.6 is 22.7 Å². The molecule has 114 valence electrons. The summed E-state index contributed by atoms with van der Waals surface area (Å²) in [5.74, 6) is -1.78. The summed E-state index contributed by atoms with van der Waals surface area (Å²) < 4.78 is 28.1. The van der Waals surface area contributed by atoms with Crippen molar-refractivity contribution >= 4 is 54.1 Å². The van der Waals surface area contributed by atoms with E-state index in [1.54, 1.807) is 23.7 Å². The van der Waals surface area contributed by atoms with Gasteiger partial charge in [0.2, 0.25) is 0 Å². The Balaban J connectivity index is 1.66. The Labute approximate surface area is 136 Å². The molecule has 2 aromatic heterocycles. The van der Waals surface area contributed by atoms with Crippen molar-refractivity contribution in [3.63, 3.8) is 0 Å². The second-order valence-electron chi connectivity index (χ2n) is 4.74. The summed E-state index contributed by atoms with van der Waals surface area (Å²) in [6.45, 7) is 0. The lowest BCUT2D eigenvalue weighted by Crippen LogP contribution is -2.11. The maximum absolute atomic E-state index is 13.6. The minimum atomic E-state index is -0.747. The number of amides is 1. The fourth-order valence-electron chi connectivity index (χ4n) is 2.18. The first kappa shape index (κ1) is 14.2. The predicted octanol–water partition coefficient (Wildman–Crippen LogP) is 4.44. The SMILES string of the molecule is O=C(Nc1nc2c(F)cc(F)cc2s1)c1ccc2ncsc2c1. The van der Waals surface area contributed by atoms with Gasteiger partial charge in [-0.1, -0.05) is 11.3 Å². The number of carbonyl (C=O) groups is 1. The molecule has 4 rings (SSSR count). The van der Waals surface area contributed by atoms with Crippen LogP contribution in [0.1, 0.15) is 10.4 Å². The van der Waals surface area contributed by atoms with Crippen LogP contribution in [0.15, 0.2) is 35.8 Å². The van der Waals surface area contributed by atoms with Gasteiger partial charge in [-0.25, -0.2) is 18.7 Å². The maximum Gasteiger partial charge on any atom is 0.257 e. The van der Waals surface area contributed by atoms with E-state index in [0.29, 0.717) is 10.3 Å². The number of aromatic nitrogens is 2. The second kappa shape index (κ2) is 5.32. The van der Waals surface area contributed by atoms with E-state index in [9.17, 15) is 13.6 Å². The van der Waals surface area contributed by atoms with Crippen LogP contribution in [0.4, 0.5) is 13.9 Å². The highest BCUT2D eigenvalue weighted by Gasteiger charge is 2.14. The number of anilines is 1. The highest BCUT2D eigenvalue weighted by atomic mass is 32.1. The Bertz CT molecular complexity index is 1060. The molecule has 23 heavy (non-hydrogen) atoms. The summed E-state index contributed by atoms with van der Waals surface area (Å²) in [7, 11) is 0. The highest BCUT2D eigenvalue weighted by molar-refractivity contribution is 7.22. The van der Waals surface area contributed by atoms with Crippen molar-refractivity contribution in [3.8, 4) is 0 Å². The molecule has 2 aromatic carbocycles. The van der Waals surface area contributed by atoms with E-state index in [2.05, 4.69) is 15.3 Å². The van der Waals surface area contributed by atoms with E-state index < -0.39 is 11.6 Å². The highest BCUT2D eigenvalue weighted by Crippen LogP contribution is 2.29. The fraction of sp³-hybridized carbons (Fsp3) is 0. The Morgan fingerprint density at radius 2 is 2.00 bits per heavy atom. The van der Waals surface area contributed by atoms with Gasteiger partial charge in [-0.3, -0.25) is 10.1 Å². The monoisotopic (exact) mass is 347 g/mol. The van der Waals surface area contributed by atoms with Crippen LogP contribution in [0.5, 0.6) is 0 Å². The van der Waals surface area contributed by atoms with E-state index in [-0.39, 0.29) is 16.6 Å². The Morgan fingerprint density at radius 1 is 1.13 bits per heavy atom. The van der Waals surface area contributed by atoms with Gasteiger partial charge in [0.05, 0.1) is 20.4 Å². The van der Waals surface area contributed by atoms with Gasteiger partial charge in [0.1, 0.15) is 11.3 Å². The molecular formula is C15H7F2N3OS2. The van der Waals surface area contributed by atoms with Crippen molar-refractivity contribution in [2.24, 2.45) is 0 Å². The van der Waals surface area contributed by atoms with Gasteiger partial charge in [0.15, 0.2) is 10.9 Å². The number of nitrogens with one attached hydrogen (secondary N) is 1. The van der Waals surface area contributed by atoms with Gasteiger partial charge in [0, 0.05) is 11.6 Å². The van der Waals surface area contributed by atoms with Crippen LogP contribution < -0.4 is 5.32 Å². The third-order valence-corrected chi connectivity index (χ3v) is 4.94. The molecule has 0 spiro atoms. The number of carbonyl (C=O) groups excluding carboxylic acids is 1. The number of nitrogens with zero attached hydrogens (tertiary/aromatic N) is 2. The number of rotatable bonds is 2. The minimum Gasteiger partial charge on any atom is -0.298 e. The molecule has 0 aliphatic rings. The van der Waals surface area contributed by atoms with Gasteiger partial charge in [-0.2, -0.15) is 0 Å². The van der Waals surface area contributed by atoms with Crippen molar-refractivity contribution in [1.82, 2.24) is 9.97 Å². The maximum atomic E-state index is 13.6. The van der Waals surface area contributed by atoms with Crippen LogP contribution in [0.3, 0.4) is 0 Å². The largest absolute Gasteiger partial charge is 0.298 e. The van der Waals surface area contributed by atoms with Gasteiger partial charge in [-0.15, -0.1) is 11.3 Å². The first-order valence-electron chi connectivity index (χ1n) is 6.50. The summed E-state index contributed by atoms with van der Waals surface area (Å²) in [4.78, 5) is 20.4. The molecule has 8 heteroatoms. The van der Waals surface area contributed by atoms with E-state index in [1.807, 2.05) is 0 Å². The molecule has 0 atom stereocenters. The van der Waals surface area contributed by atoms with Gasteiger partial charge < -0.3 is 0 Å². The van der Waals surface area contributed by atoms with Crippen molar-refractivity contribution in [3.05, 3.63) is 53.0 Å². The van der Waals surface area contributed by atoms with Crippen LogP contribution in [0, 0.1) is 11.6 Å². The van der Waals surface area contributed by atoms with Gasteiger partial charge >= 0.3 is 0 Å². The zero-order valence-corrected chi connectivity index (χ0v) is 13.0. The number of halogens is 2. The molecule has 0 aliphatic carbocycles. The molecule has 1 amide bonds. The average molecular weight is 347 g/mol. The van der Waals surface area contributed by atoms with E-state index >= 15 is 0 Å². The standard InChI is InChI=1S/C15H7F2N3OS2/c16-8-4-9(17)13-12(5-8)23-15(19-13)20-14(21)7-1-2-10-11(3-7)22-6-18-10/h1-6H,(H,19,20,21). The quantitative estimate of drug-likeness (QED) is 0.583. The zero-order valence-electron chi connectivity index (χ0n) is 11.3. The van der Waals surface area contributed by atoms with Gasteiger partial charge in [-0.05, 0) is 24.3 Å². The van der Waals surface area contributed by atoms with E-state index in [1.165, 1.54) is 17.4 Å². The minimum absolute atomic E-state index is 0.0459. The first-order valence-corrected chi connectivity index (χ1v) is 8.20. The lowest BCUT2D eigenvalue weighted by Gasteiger charge is -2.01. The van der Waals surface area contributed by atoms with E-state index in [0.717, 1.165) is 27.6 Å². The molecule has 0 unspecified atom stereocenters. The zero-order chi connectivity index (χ0) is 16.0. The van der Waals surface area contributed by atoms with Gasteiger partial charge in [0.25, 0.3) is 5.91 Å². The normalized spacial score (nSPS) is 11.2. The number of thiazole rings is 2. The molecule has 4 nitrogen and oxygen atoms in total. The molecule has 2 heterocycles. The molecule has 4 aromatic rings. The molecule has 0 bridgehead atoms. The molecule has 1 N–H and O–H groups in total. The summed E-state index contributed by atoms with van der Waals surface area (Å²) in [6.07, 6.45) is 0. The van der Waals surface area contributed by atoms with Crippen LogP contribution in [0.2, 0.25) is 0 Å². The molecule has 0 saturated carbocycles. The average Bonchev–Trinajstić information content (AvgIpc) is 3.12.